The van der Waals surface area contributed by atoms with Gasteiger partial charge in [0.25, 0.3) is 5.91 Å². The molecule has 0 heterocycles. The summed E-state index contributed by atoms with van der Waals surface area (Å²) in [5.74, 6) is -0.362. The number of nitriles is 1. The van der Waals surface area contributed by atoms with Crippen molar-refractivity contribution in [3.05, 3.63) is 70.9 Å². The van der Waals surface area contributed by atoms with E-state index in [1.54, 1.807) is 0 Å². The summed E-state index contributed by atoms with van der Waals surface area (Å²) in [6, 6.07) is 16.2. The number of carbonyl (C=O) groups excluding carboxylic acids is 1. The van der Waals surface area contributed by atoms with Crippen molar-refractivity contribution in [3.63, 3.8) is 0 Å². The first-order valence-electron chi connectivity index (χ1n) is 10.6. The molecule has 5 nitrogen and oxygen atoms in total. The lowest BCUT2D eigenvalue weighted by Crippen LogP contribution is -2.29. The summed E-state index contributed by atoms with van der Waals surface area (Å²) in [5, 5.41) is 15.6. The molecule has 2 N–H and O–H groups in total. The Kier molecular flexibility index (Phi) is 7.13. The highest BCUT2D eigenvalue weighted by atomic mass is 16.1. The van der Waals surface area contributed by atoms with Crippen LogP contribution in [0.15, 0.2) is 54.2 Å². The molecule has 1 amide bonds. The number of rotatable bonds is 7. The number of fused-ring (bicyclic) bond motifs is 1. The maximum Gasteiger partial charge on any atom is 0.263 e. The number of hydrogen-bond acceptors (Lipinski definition) is 4. The van der Waals surface area contributed by atoms with E-state index in [2.05, 4.69) is 28.8 Å². The fraction of sp³-hybridized carbons (Fsp3) is 0.360. The smallest absolute Gasteiger partial charge is 0.263 e. The lowest BCUT2D eigenvalue weighted by atomic mass is 9.88. The molecule has 0 aromatic heterocycles. The predicted octanol–water partition coefficient (Wildman–Crippen LogP) is 4.72. The van der Waals surface area contributed by atoms with Gasteiger partial charge in [0.05, 0.1) is 6.04 Å². The van der Waals surface area contributed by atoms with Crippen LogP contribution in [0.25, 0.3) is 0 Å². The highest BCUT2D eigenvalue weighted by Crippen LogP contribution is 2.26. The first kappa shape index (κ1) is 21.4. The summed E-state index contributed by atoms with van der Waals surface area (Å²) in [7, 11) is 3.96. The van der Waals surface area contributed by atoms with Crippen LogP contribution in [0.2, 0.25) is 0 Å². The van der Waals surface area contributed by atoms with Gasteiger partial charge in [-0.15, -0.1) is 0 Å². The van der Waals surface area contributed by atoms with Gasteiger partial charge in [-0.3, -0.25) is 4.79 Å². The minimum absolute atomic E-state index is 0.0584. The van der Waals surface area contributed by atoms with Gasteiger partial charge in [0.15, 0.2) is 0 Å². The molecular weight excluding hydrogens is 372 g/mol. The van der Waals surface area contributed by atoms with Gasteiger partial charge in [0, 0.05) is 31.7 Å². The van der Waals surface area contributed by atoms with E-state index in [-0.39, 0.29) is 17.5 Å². The van der Waals surface area contributed by atoms with Crippen molar-refractivity contribution >= 4 is 17.3 Å². The summed E-state index contributed by atoms with van der Waals surface area (Å²) in [4.78, 5) is 14.7. The molecular formula is C25H30N4O. The van der Waals surface area contributed by atoms with Gasteiger partial charge in [-0.2, -0.15) is 5.26 Å². The standard InChI is InChI=1S/C25H30N4O/c1-4-24(20-10-9-18-7-5-6-8-19(18)15-20)28-25(30)21(16-26)17-27-22-11-13-23(14-12-22)29(2)3/h9-15,17,24,27H,4-8H2,1-3H3,(H,28,30)/b21-17-. The monoisotopic (exact) mass is 402 g/mol. The molecule has 0 spiro atoms. The Morgan fingerprint density at radius 2 is 1.83 bits per heavy atom. The molecule has 5 heteroatoms. The third-order valence-corrected chi connectivity index (χ3v) is 5.62. The van der Waals surface area contributed by atoms with Crippen molar-refractivity contribution < 1.29 is 4.79 Å². The number of carbonyl (C=O) groups is 1. The quantitative estimate of drug-likeness (QED) is 0.519. The zero-order valence-corrected chi connectivity index (χ0v) is 18.0. The third kappa shape index (κ3) is 5.21. The Morgan fingerprint density at radius 1 is 1.13 bits per heavy atom. The predicted molar refractivity (Wildman–Crippen MR) is 122 cm³/mol. The van der Waals surface area contributed by atoms with Crippen LogP contribution in [0.5, 0.6) is 0 Å². The Labute approximate surface area is 179 Å². The molecule has 0 fully saturated rings. The van der Waals surface area contributed by atoms with Gasteiger partial charge in [0.2, 0.25) is 0 Å². The van der Waals surface area contributed by atoms with Crippen molar-refractivity contribution in [2.75, 3.05) is 24.3 Å². The number of nitrogens with one attached hydrogen (secondary N) is 2. The van der Waals surface area contributed by atoms with E-state index in [0.717, 1.165) is 36.2 Å². The normalized spacial score (nSPS) is 14.3. The highest BCUT2D eigenvalue weighted by Gasteiger charge is 2.18. The third-order valence-electron chi connectivity index (χ3n) is 5.62. The zero-order chi connectivity index (χ0) is 21.5. The minimum atomic E-state index is -0.362. The molecule has 2 aromatic rings. The SMILES string of the molecule is CCC(NC(=O)/C(C#N)=C\Nc1ccc(N(C)C)cc1)c1ccc2c(c1)CCCC2. The fourth-order valence-electron chi connectivity index (χ4n) is 3.79. The molecule has 1 atom stereocenters. The lowest BCUT2D eigenvalue weighted by molar-refractivity contribution is -0.117. The molecule has 3 rings (SSSR count). The summed E-state index contributed by atoms with van der Waals surface area (Å²) in [5.41, 5.74) is 5.89. The first-order chi connectivity index (χ1) is 14.5. The molecule has 156 valence electrons. The molecule has 2 aromatic carbocycles. The van der Waals surface area contributed by atoms with Crippen molar-refractivity contribution in [1.29, 1.82) is 5.26 Å². The second kappa shape index (κ2) is 9.98. The van der Waals surface area contributed by atoms with E-state index in [1.165, 1.54) is 30.2 Å². The van der Waals surface area contributed by atoms with Crippen molar-refractivity contribution in [1.82, 2.24) is 5.32 Å². The minimum Gasteiger partial charge on any atom is -0.378 e. The molecule has 0 bridgehead atoms. The van der Waals surface area contributed by atoms with Crippen LogP contribution in [-0.2, 0) is 17.6 Å². The zero-order valence-electron chi connectivity index (χ0n) is 18.0. The molecule has 0 aliphatic heterocycles. The van der Waals surface area contributed by atoms with Crippen LogP contribution in [0, 0.1) is 11.3 Å². The van der Waals surface area contributed by atoms with E-state index in [1.807, 2.05) is 56.3 Å². The van der Waals surface area contributed by atoms with Crippen LogP contribution in [0.1, 0.15) is 48.9 Å². The van der Waals surface area contributed by atoms with Crippen molar-refractivity contribution in [2.45, 2.75) is 45.1 Å². The summed E-state index contributed by atoms with van der Waals surface area (Å²) in [6.07, 6.45) is 6.96. The lowest BCUT2D eigenvalue weighted by Gasteiger charge is -2.21. The Hall–Kier alpha value is -3.26. The highest BCUT2D eigenvalue weighted by molar-refractivity contribution is 5.97. The molecule has 1 aliphatic carbocycles. The number of aryl methyl sites for hydroxylation is 2. The maximum absolute atomic E-state index is 12.7. The van der Waals surface area contributed by atoms with Crippen LogP contribution in [0.4, 0.5) is 11.4 Å². The maximum atomic E-state index is 12.7. The summed E-state index contributed by atoms with van der Waals surface area (Å²) >= 11 is 0. The van der Waals surface area contributed by atoms with E-state index >= 15 is 0 Å². The molecule has 1 aliphatic rings. The van der Waals surface area contributed by atoms with Crippen LogP contribution in [-0.4, -0.2) is 20.0 Å². The molecule has 0 radical (unpaired) electrons. The van der Waals surface area contributed by atoms with E-state index in [9.17, 15) is 10.1 Å². The van der Waals surface area contributed by atoms with Crippen molar-refractivity contribution in [3.8, 4) is 6.07 Å². The second-order valence-electron chi connectivity index (χ2n) is 7.93. The van der Waals surface area contributed by atoms with Gasteiger partial charge in [-0.25, -0.2) is 0 Å². The van der Waals surface area contributed by atoms with Crippen LogP contribution < -0.4 is 15.5 Å². The number of anilines is 2. The number of hydrogen-bond donors (Lipinski definition) is 2. The fourth-order valence-corrected chi connectivity index (χ4v) is 3.79. The van der Waals surface area contributed by atoms with Crippen molar-refractivity contribution in [2.24, 2.45) is 0 Å². The largest absolute Gasteiger partial charge is 0.378 e. The van der Waals surface area contributed by atoms with Gasteiger partial charge in [-0.1, -0.05) is 25.1 Å². The number of amides is 1. The first-order valence-corrected chi connectivity index (χ1v) is 10.6. The van der Waals surface area contributed by atoms with Gasteiger partial charge < -0.3 is 15.5 Å². The Balaban J connectivity index is 1.68. The number of benzene rings is 2. The van der Waals surface area contributed by atoms with E-state index in [4.69, 9.17) is 0 Å². The Bertz CT molecular complexity index is 954. The van der Waals surface area contributed by atoms with Gasteiger partial charge >= 0.3 is 0 Å². The van der Waals surface area contributed by atoms with Crippen LogP contribution >= 0.6 is 0 Å². The summed E-state index contributed by atoms with van der Waals surface area (Å²) in [6.45, 7) is 2.05. The molecule has 0 saturated carbocycles. The van der Waals surface area contributed by atoms with E-state index < -0.39 is 0 Å². The molecule has 1 unspecified atom stereocenters. The van der Waals surface area contributed by atoms with Gasteiger partial charge in [-0.05, 0) is 73.1 Å². The van der Waals surface area contributed by atoms with E-state index in [0.29, 0.717) is 0 Å². The van der Waals surface area contributed by atoms with Gasteiger partial charge in [0.1, 0.15) is 11.6 Å². The second-order valence-corrected chi connectivity index (χ2v) is 7.93. The Morgan fingerprint density at radius 3 is 2.47 bits per heavy atom. The molecule has 30 heavy (non-hydrogen) atoms. The summed E-state index contributed by atoms with van der Waals surface area (Å²) < 4.78 is 0. The number of nitrogens with zero attached hydrogens (tertiary/aromatic N) is 2. The van der Waals surface area contributed by atoms with Crippen LogP contribution in [0.3, 0.4) is 0 Å². The topological polar surface area (TPSA) is 68.2 Å². The molecule has 0 saturated heterocycles. The average molecular weight is 403 g/mol. The average Bonchev–Trinajstić information content (AvgIpc) is 2.77.